The van der Waals surface area contributed by atoms with Crippen LogP contribution in [0.5, 0.6) is 11.5 Å². The third-order valence-electron chi connectivity index (χ3n) is 2.51. The number of benzene rings is 1. The second kappa shape index (κ2) is 10.9. The molecule has 122 valence electrons. The number of guanidine groups is 1. The van der Waals surface area contributed by atoms with Gasteiger partial charge in [0.15, 0.2) is 5.96 Å². The molecule has 0 saturated carbocycles. The second-order valence-electron chi connectivity index (χ2n) is 3.84. The van der Waals surface area contributed by atoms with E-state index in [0.717, 1.165) is 0 Å². The van der Waals surface area contributed by atoms with Gasteiger partial charge in [-0.05, 0) is 18.2 Å². The normalized spacial score (nSPS) is 10.5. The number of hydrogen-bond donors (Lipinski definition) is 2. The highest BCUT2D eigenvalue weighted by atomic mass is 127. The fourth-order valence-electron chi connectivity index (χ4n) is 1.57. The van der Waals surface area contributed by atoms with Gasteiger partial charge < -0.3 is 20.1 Å². The maximum atomic E-state index is 12.4. The molecule has 1 rings (SSSR count). The summed E-state index contributed by atoms with van der Waals surface area (Å²) in [6.07, 6.45) is 5.14. The van der Waals surface area contributed by atoms with Crippen molar-refractivity contribution in [3.63, 3.8) is 0 Å². The fraction of sp³-hybridized carbons (Fsp3) is 0.357. The fourth-order valence-corrected chi connectivity index (χ4v) is 1.57. The number of alkyl halides is 2. The van der Waals surface area contributed by atoms with Gasteiger partial charge in [-0.1, -0.05) is 5.92 Å². The Hall–Kier alpha value is -1.76. The number of hydrogen-bond acceptors (Lipinski definition) is 3. The Labute approximate surface area is 145 Å². The van der Waals surface area contributed by atoms with Gasteiger partial charge in [0.2, 0.25) is 0 Å². The summed E-state index contributed by atoms with van der Waals surface area (Å²) in [5.41, 5.74) is 0.512. The molecule has 0 atom stereocenters. The van der Waals surface area contributed by atoms with Crippen molar-refractivity contribution >= 4 is 29.9 Å². The third-order valence-corrected chi connectivity index (χ3v) is 2.51. The molecular formula is C14H18F2IN3O2. The van der Waals surface area contributed by atoms with E-state index in [9.17, 15) is 8.78 Å². The van der Waals surface area contributed by atoms with Crippen LogP contribution in [0.1, 0.15) is 5.56 Å². The number of methoxy groups -OCH3 is 1. The first-order valence-corrected chi connectivity index (χ1v) is 6.10. The summed E-state index contributed by atoms with van der Waals surface area (Å²) in [6.45, 7) is -2.36. The monoisotopic (exact) mass is 425 g/mol. The zero-order chi connectivity index (χ0) is 15.7. The van der Waals surface area contributed by atoms with Gasteiger partial charge in [0, 0.05) is 19.2 Å². The molecule has 0 aromatic heterocycles. The molecular weight excluding hydrogens is 407 g/mol. The average molecular weight is 425 g/mol. The topological polar surface area (TPSA) is 54.9 Å². The predicted octanol–water partition coefficient (Wildman–Crippen LogP) is 2.21. The number of aliphatic imine (C=N–C) groups is 1. The van der Waals surface area contributed by atoms with Crippen molar-refractivity contribution in [2.75, 3.05) is 20.7 Å². The molecule has 2 N–H and O–H groups in total. The Morgan fingerprint density at radius 1 is 1.41 bits per heavy atom. The summed E-state index contributed by atoms with van der Waals surface area (Å²) in [4.78, 5) is 3.95. The molecule has 0 spiro atoms. The molecule has 0 aliphatic heterocycles. The molecule has 0 heterocycles. The Balaban J connectivity index is 0.00000441. The third kappa shape index (κ3) is 6.80. The number of halogens is 3. The first-order valence-electron chi connectivity index (χ1n) is 6.10. The maximum absolute atomic E-state index is 12.4. The lowest BCUT2D eigenvalue weighted by molar-refractivity contribution is -0.0504. The van der Waals surface area contributed by atoms with Crippen LogP contribution in [0, 0.1) is 12.3 Å². The summed E-state index contributed by atoms with van der Waals surface area (Å²) in [7, 11) is 3.07. The molecule has 5 nitrogen and oxygen atoms in total. The van der Waals surface area contributed by atoms with Crippen molar-refractivity contribution in [1.29, 1.82) is 0 Å². The first-order chi connectivity index (χ1) is 10.1. The Morgan fingerprint density at radius 3 is 2.68 bits per heavy atom. The van der Waals surface area contributed by atoms with Crippen molar-refractivity contribution in [2.24, 2.45) is 4.99 Å². The second-order valence-corrected chi connectivity index (χ2v) is 3.84. The van der Waals surface area contributed by atoms with E-state index in [2.05, 4.69) is 26.3 Å². The average Bonchev–Trinajstić information content (AvgIpc) is 2.48. The van der Waals surface area contributed by atoms with Gasteiger partial charge in [-0.15, -0.1) is 30.4 Å². The van der Waals surface area contributed by atoms with Crippen LogP contribution in [-0.2, 0) is 6.54 Å². The van der Waals surface area contributed by atoms with Crippen molar-refractivity contribution in [3.8, 4) is 23.8 Å². The molecule has 0 aliphatic carbocycles. The highest BCUT2D eigenvalue weighted by Gasteiger charge is 2.11. The SMILES string of the molecule is C#CCNC(=NC)NCc1cc(OC)ccc1OC(F)F.I. The molecule has 0 radical (unpaired) electrons. The highest BCUT2D eigenvalue weighted by molar-refractivity contribution is 14.0. The van der Waals surface area contributed by atoms with Gasteiger partial charge in [0.05, 0.1) is 13.7 Å². The molecule has 22 heavy (non-hydrogen) atoms. The first kappa shape index (κ1) is 20.2. The van der Waals surface area contributed by atoms with Crippen LogP contribution < -0.4 is 20.1 Å². The van der Waals surface area contributed by atoms with Gasteiger partial charge in [-0.25, -0.2) is 0 Å². The smallest absolute Gasteiger partial charge is 0.387 e. The lowest BCUT2D eigenvalue weighted by atomic mass is 10.2. The van der Waals surface area contributed by atoms with Crippen molar-refractivity contribution < 1.29 is 18.3 Å². The minimum absolute atomic E-state index is 0. The zero-order valence-electron chi connectivity index (χ0n) is 12.2. The summed E-state index contributed by atoms with van der Waals surface area (Å²) in [5, 5.41) is 5.81. The van der Waals surface area contributed by atoms with E-state index in [1.807, 2.05) is 0 Å². The summed E-state index contributed by atoms with van der Waals surface area (Å²) < 4.78 is 34.3. The molecule has 1 aromatic carbocycles. The number of terminal acetylenes is 1. The van der Waals surface area contributed by atoms with E-state index in [4.69, 9.17) is 11.2 Å². The van der Waals surface area contributed by atoms with E-state index < -0.39 is 6.61 Å². The predicted molar refractivity (Wildman–Crippen MR) is 92.1 cm³/mol. The number of nitrogens with one attached hydrogen (secondary N) is 2. The summed E-state index contributed by atoms with van der Waals surface area (Å²) in [6, 6.07) is 4.59. The number of nitrogens with zero attached hydrogens (tertiary/aromatic N) is 1. The lowest BCUT2D eigenvalue weighted by Gasteiger charge is -2.14. The van der Waals surface area contributed by atoms with Gasteiger partial charge >= 0.3 is 6.61 Å². The van der Waals surface area contributed by atoms with Gasteiger partial charge in [-0.2, -0.15) is 8.78 Å². The van der Waals surface area contributed by atoms with Crippen LogP contribution in [0.2, 0.25) is 0 Å². The highest BCUT2D eigenvalue weighted by Crippen LogP contribution is 2.25. The van der Waals surface area contributed by atoms with Crippen LogP contribution in [0.3, 0.4) is 0 Å². The molecule has 0 unspecified atom stereocenters. The van der Waals surface area contributed by atoms with Crippen LogP contribution >= 0.6 is 24.0 Å². The Bertz CT molecular complexity index is 533. The van der Waals surface area contributed by atoms with Crippen LogP contribution in [-0.4, -0.2) is 33.3 Å². The van der Waals surface area contributed by atoms with E-state index in [0.29, 0.717) is 23.8 Å². The van der Waals surface area contributed by atoms with E-state index in [1.165, 1.54) is 13.2 Å². The molecule has 8 heteroatoms. The quantitative estimate of drug-likeness (QED) is 0.318. The summed E-state index contributed by atoms with van der Waals surface area (Å²) >= 11 is 0. The largest absolute Gasteiger partial charge is 0.497 e. The Kier molecular flexibility index (Phi) is 10.0. The zero-order valence-corrected chi connectivity index (χ0v) is 14.6. The minimum atomic E-state index is -2.89. The molecule has 1 aromatic rings. The number of rotatable bonds is 6. The minimum Gasteiger partial charge on any atom is -0.497 e. The lowest BCUT2D eigenvalue weighted by Crippen LogP contribution is -2.37. The van der Waals surface area contributed by atoms with Crippen molar-refractivity contribution in [1.82, 2.24) is 10.6 Å². The molecule has 0 bridgehead atoms. The van der Waals surface area contributed by atoms with E-state index in [1.54, 1.807) is 19.2 Å². The number of ether oxygens (including phenoxy) is 2. The molecule has 0 amide bonds. The van der Waals surface area contributed by atoms with Crippen molar-refractivity contribution in [2.45, 2.75) is 13.2 Å². The van der Waals surface area contributed by atoms with Crippen LogP contribution in [0.15, 0.2) is 23.2 Å². The molecule has 0 fully saturated rings. The van der Waals surface area contributed by atoms with Crippen LogP contribution in [0.4, 0.5) is 8.78 Å². The van der Waals surface area contributed by atoms with E-state index >= 15 is 0 Å². The molecule has 0 saturated heterocycles. The van der Waals surface area contributed by atoms with Crippen LogP contribution in [0.25, 0.3) is 0 Å². The van der Waals surface area contributed by atoms with Gasteiger partial charge in [-0.3, -0.25) is 4.99 Å². The maximum Gasteiger partial charge on any atom is 0.387 e. The molecule has 0 aliphatic rings. The van der Waals surface area contributed by atoms with E-state index in [-0.39, 0.29) is 36.3 Å². The Morgan fingerprint density at radius 2 is 2.14 bits per heavy atom. The van der Waals surface area contributed by atoms with Gasteiger partial charge in [0.1, 0.15) is 11.5 Å². The standard InChI is InChI=1S/C14H17F2N3O2.HI/c1-4-7-18-14(17-2)19-9-10-8-11(20-3)5-6-12(10)21-13(15)16;/h1,5-6,8,13H,7,9H2,2-3H3,(H2,17,18,19);1H. The van der Waals surface area contributed by atoms with Crippen molar-refractivity contribution in [3.05, 3.63) is 23.8 Å². The van der Waals surface area contributed by atoms with Gasteiger partial charge in [0.25, 0.3) is 0 Å². The summed E-state index contributed by atoms with van der Waals surface area (Å²) in [5.74, 6) is 3.48.